The van der Waals surface area contributed by atoms with Crippen LogP contribution >= 0.6 is 0 Å². The normalized spacial score (nSPS) is 16.1. The zero-order chi connectivity index (χ0) is 38.1. The van der Waals surface area contributed by atoms with E-state index < -0.39 is 6.10 Å². The number of halogens is 1. The molecule has 2 fully saturated rings. The Balaban J connectivity index is 0.000000244. The van der Waals surface area contributed by atoms with E-state index in [-0.39, 0.29) is 59.7 Å². The molecule has 1 unspecified atom stereocenters. The van der Waals surface area contributed by atoms with Gasteiger partial charge < -0.3 is 48.8 Å². The van der Waals surface area contributed by atoms with Crippen molar-refractivity contribution in [1.29, 1.82) is 0 Å². The molecule has 4 heterocycles. The van der Waals surface area contributed by atoms with Gasteiger partial charge in [0.25, 0.3) is 0 Å². The summed E-state index contributed by atoms with van der Waals surface area (Å²) in [6.45, 7) is 9.16. The summed E-state index contributed by atoms with van der Waals surface area (Å²) in [4.78, 5) is 24.9. The molecule has 58 heavy (non-hydrogen) atoms. The van der Waals surface area contributed by atoms with Crippen LogP contribution in [0, 0.1) is 21.3 Å². The molecule has 0 saturated carbocycles. The minimum Gasteiger partial charge on any atom is -1.00 e. The molecule has 2 aliphatic heterocycles. The van der Waals surface area contributed by atoms with Gasteiger partial charge in [0.05, 0.1) is 19.2 Å². The first kappa shape index (κ1) is 46.0. The molecule has 2 aromatic heterocycles. The maximum absolute atomic E-state index is 11.7. The Kier molecular flexibility index (Phi) is 17.3. The van der Waals surface area contributed by atoms with Crippen LogP contribution in [0.2, 0.25) is 0 Å². The van der Waals surface area contributed by atoms with Crippen molar-refractivity contribution in [3.63, 3.8) is 0 Å². The smallest absolute Gasteiger partial charge is 1.00 e. The average molecular weight is 852 g/mol. The van der Waals surface area contributed by atoms with Crippen LogP contribution in [0.3, 0.4) is 0 Å². The van der Waals surface area contributed by atoms with Crippen molar-refractivity contribution >= 4 is 40.7 Å². The molecule has 2 aliphatic rings. The summed E-state index contributed by atoms with van der Waals surface area (Å²) in [7, 11) is 0. The van der Waals surface area contributed by atoms with Crippen LogP contribution in [-0.4, -0.2) is 82.8 Å². The van der Waals surface area contributed by atoms with E-state index in [1.165, 1.54) is 0 Å². The van der Waals surface area contributed by atoms with E-state index in [1.54, 1.807) is 0 Å². The van der Waals surface area contributed by atoms with Crippen LogP contribution in [0.4, 0.5) is 11.4 Å². The molecule has 0 aliphatic carbocycles. The minimum atomic E-state index is -0.530. The monoisotopic (exact) mass is 850 g/mol. The second kappa shape index (κ2) is 21.9. The number of carbonyl (C=O) groups excluding carboxylic acids is 1. The van der Waals surface area contributed by atoms with Gasteiger partial charge in [-0.05, 0) is 78.4 Å². The largest absolute Gasteiger partial charge is 2.00 e. The Morgan fingerprint density at radius 1 is 0.655 bits per heavy atom. The molecule has 0 radical (unpaired) electrons. The van der Waals surface area contributed by atoms with Gasteiger partial charge in [0.15, 0.2) is 6.29 Å². The van der Waals surface area contributed by atoms with Gasteiger partial charge in [-0.3, -0.25) is 4.79 Å². The zero-order valence-corrected chi connectivity index (χ0v) is 36.8. The minimum absolute atomic E-state index is 0. The SMILES string of the molecule is Cc1ccc(O[C@H]2CCN(c3ccc(-c4ccccc4)cc3C(C)O)C2)nc1.Cc1ccc(O[C@H]2CCN(c3ccc(-c4ccccc4)cc3C=O)C2)nc1.[Br-].[CH3-].[Mg+2]. The fourth-order valence-electron chi connectivity index (χ4n) is 7.21. The number of rotatable bonds is 10. The Morgan fingerprint density at radius 3 is 1.57 bits per heavy atom. The molecular formula is C48H51BrMgN4O4. The number of aromatic nitrogens is 2. The molecule has 0 amide bonds. The molecule has 3 atom stereocenters. The van der Waals surface area contributed by atoms with Crippen molar-refractivity contribution in [2.75, 3.05) is 36.0 Å². The van der Waals surface area contributed by atoms with Crippen molar-refractivity contribution in [2.45, 2.75) is 51.9 Å². The van der Waals surface area contributed by atoms with Gasteiger partial charge in [-0.2, -0.15) is 0 Å². The van der Waals surface area contributed by atoms with E-state index in [9.17, 15) is 9.90 Å². The van der Waals surface area contributed by atoms with Gasteiger partial charge in [-0.25, -0.2) is 9.97 Å². The molecule has 0 bridgehead atoms. The summed E-state index contributed by atoms with van der Waals surface area (Å²) in [5.74, 6) is 1.33. The Morgan fingerprint density at radius 2 is 1.12 bits per heavy atom. The van der Waals surface area contributed by atoms with Crippen LogP contribution in [0.25, 0.3) is 22.3 Å². The van der Waals surface area contributed by atoms with Crippen molar-refractivity contribution in [3.05, 3.63) is 163 Å². The second-order valence-corrected chi connectivity index (χ2v) is 14.4. The first-order valence-electron chi connectivity index (χ1n) is 19.0. The third-order valence-corrected chi connectivity index (χ3v) is 10.2. The van der Waals surface area contributed by atoms with Gasteiger partial charge >= 0.3 is 23.1 Å². The maximum atomic E-state index is 11.7. The van der Waals surface area contributed by atoms with Gasteiger partial charge in [-0.15, -0.1) is 0 Å². The summed E-state index contributed by atoms with van der Waals surface area (Å²) >= 11 is 0. The van der Waals surface area contributed by atoms with Crippen molar-refractivity contribution in [1.82, 2.24) is 9.97 Å². The molecule has 1 N–H and O–H groups in total. The Labute approximate surface area is 370 Å². The molecule has 10 heteroatoms. The third kappa shape index (κ3) is 11.7. The number of anilines is 2. The molecule has 0 spiro atoms. The van der Waals surface area contributed by atoms with Gasteiger partial charge in [0.1, 0.15) is 12.2 Å². The first-order valence-corrected chi connectivity index (χ1v) is 19.0. The number of nitrogens with zero attached hydrogens (tertiary/aromatic N) is 4. The summed E-state index contributed by atoms with van der Waals surface area (Å²) < 4.78 is 12.1. The van der Waals surface area contributed by atoms with Gasteiger partial charge in [-0.1, -0.05) is 84.9 Å². The number of aliphatic hydroxyl groups is 1. The van der Waals surface area contributed by atoms with Crippen LogP contribution in [0.15, 0.2) is 134 Å². The number of pyridine rings is 2. The molecule has 6 aromatic rings. The van der Waals surface area contributed by atoms with E-state index >= 15 is 0 Å². The number of benzene rings is 4. The van der Waals surface area contributed by atoms with E-state index in [4.69, 9.17) is 9.47 Å². The van der Waals surface area contributed by atoms with Gasteiger partial charge in [0.2, 0.25) is 11.8 Å². The summed E-state index contributed by atoms with van der Waals surface area (Å²) in [6, 6.07) is 40.7. The quantitative estimate of drug-likeness (QED) is 0.0968. The van der Waals surface area contributed by atoms with Gasteiger partial charge in [0, 0.05) is 73.0 Å². The third-order valence-electron chi connectivity index (χ3n) is 10.2. The molecule has 4 aromatic carbocycles. The number of carbonyl (C=O) groups is 1. The molecule has 8 nitrogen and oxygen atoms in total. The standard InChI is InChI=1S/C24H26N2O2.C23H22N2O2.CH3.BrH.Mg/c1-17-8-11-24(25-15-17)28-21-12-13-26(16-21)23-10-9-20(14-22(23)18(2)27)19-6-4-3-5-7-19;1-17-7-10-23(24-14-17)27-21-11-12-25(15-21)22-9-8-19(13-20(22)16-26)18-5-3-2-4-6-18;;;/h3-11,14-15,18,21,27H,12-13,16H2,1-2H3;2-10,13-14,16,21H,11-12,15H2,1H3;1H3;1H;/q;;-1;;+2/p-1/t18?,21-;21-;;;/m00.../s1. The average Bonchev–Trinajstić information content (AvgIpc) is 3.90. The predicted molar refractivity (Wildman–Crippen MR) is 232 cm³/mol. The van der Waals surface area contributed by atoms with E-state index in [2.05, 4.69) is 68.3 Å². The van der Waals surface area contributed by atoms with E-state index in [0.717, 1.165) is 95.6 Å². The number of ether oxygens (including phenoxy) is 2. The Bertz CT molecular complexity index is 2170. The summed E-state index contributed by atoms with van der Waals surface area (Å²) in [5.41, 5.74) is 10.4. The molecular weight excluding hydrogens is 801 g/mol. The molecule has 296 valence electrons. The molecule has 2 saturated heterocycles. The topological polar surface area (TPSA) is 88.0 Å². The first-order chi connectivity index (χ1) is 26.8. The predicted octanol–water partition coefficient (Wildman–Crippen LogP) is 6.37. The molecule has 8 rings (SSSR count). The van der Waals surface area contributed by atoms with E-state index in [0.29, 0.717) is 17.3 Å². The fourth-order valence-corrected chi connectivity index (χ4v) is 7.21. The maximum Gasteiger partial charge on any atom is 2.00 e. The van der Waals surface area contributed by atoms with Crippen LogP contribution in [0.5, 0.6) is 11.8 Å². The number of hydrogen-bond donors (Lipinski definition) is 1. The van der Waals surface area contributed by atoms with Crippen LogP contribution < -0.4 is 36.3 Å². The van der Waals surface area contributed by atoms with Crippen LogP contribution in [-0.2, 0) is 0 Å². The Hall–Kier alpha value is -4.74. The number of aliphatic hydroxyl groups excluding tert-OH is 1. The van der Waals surface area contributed by atoms with Crippen LogP contribution in [0.1, 0.15) is 52.9 Å². The summed E-state index contributed by atoms with van der Waals surface area (Å²) in [5, 5.41) is 10.4. The van der Waals surface area contributed by atoms with Crippen molar-refractivity contribution < 1.29 is 36.4 Å². The number of aryl methyl sites for hydroxylation is 2. The number of hydrogen-bond acceptors (Lipinski definition) is 8. The van der Waals surface area contributed by atoms with Crippen molar-refractivity contribution in [3.8, 4) is 34.0 Å². The fraction of sp³-hybridized carbons (Fsp3) is 0.250. The van der Waals surface area contributed by atoms with Crippen molar-refractivity contribution in [2.24, 2.45) is 0 Å². The van der Waals surface area contributed by atoms with E-state index in [1.807, 2.05) is 106 Å². The summed E-state index contributed by atoms with van der Waals surface area (Å²) in [6.07, 6.45) is 6.09. The second-order valence-electron chi connectivity index (χ2n) is 14.4. The number of aldehydes is 1. The zero-order valence-electron chi connectivity index (χ0n) is 33.8.